The molecule has 1 aromatic heterocycles. The minimum Gasteiger partial charge on any atom is -0.497 e. The average Bonchev–Trinajstić information content (AvgIpc) is 2.89. The van der Waals surface area contributed by atoms with Gasteiger partial charge in [0.1, 0.15) is 17.3 Å². The number of aryl methyl sites for hydroxylation is 1. The highest BCUT2D eigenvalue weighted by atomic mass is 32.1. The van der Waals surface area contributed by atoms with E-state index in [1.807, 2.05) is 0 Å². The third-order valence-corrected chi connectivity index (χ3v) is 4.66. The monoisotopic (exact) mass is 346 g/mol. The minimum absolute atomic E-state index is 0.320. The van der Waals surface area contributed by atoms with Crippen molar-refractivity contribution < 1.29 is 18.7 Å². The lowest BCUT2D eigenvalue weighted by atomic mass is 10.2. The van der Waals surface area contributed by atoms with E-state index in [0.29, 0.717) is 21.9 Å². The van der Waals surface area contributed by atoms with Crippen molar-refractivity contribution in [2.24, 2.45) is 12.0 Å². The molecule has 124 valence electrons. The lowest BCUT2D eigenvalue weighted by Gasteiger charge is -2.05. The van der Waals surface area contributed by atoms with Crippen LogP contribution in [0.1, 0.15) is 10.4 Å². The maximum absolute atomic E-state index is 13.3. The molecule has 0 fully saturated rings. The molecule has 7 heteroatoms. The molecule has 5 nitrogen and oxygen atoms in total. The maximum Gasteiger partial charge on any atom is 0.279 e. The summed E-state index contributed by atoms with van der Waals surface area (Å²) in [5.41, 5.74) is 1.17. The summed E-state index contributed by atoms with van der Waals surface area (Å²) in [6, 6.07) is 9.35. The molecular weight excluding hydrogens is 331 g/mol. The maximum atomic E-state index is 13.3. The number of hydrogen-bond donors (Lipinski definition) is 0. The Hall–Kier alpha value is -2.67. The number of ether oxygens (including phenoxy) is 2. The summed E-state index contributed by atoms with van der Waals surface area (Å²) in [7, 11) is 4.82. The number of aromatic nitrogens is 1. The van der Waals surface area contributed by atoms with Crippen LogP contribution in [0.25, 0.3) is 10.2 Å². The van der Waals surface area contributed by atoms with Crippen LogP contribution >= 0.6 is 11.3 Å². The third kappa shape index (κ3) is 3.03. The van der Waals surface area contributed by atoms with Crippen molar-refractivity contribution in [3.63, 3.8) is 0 Å². The summed E-state index contributed by atoms with van der Waals surface area (Å²) in [6.45, 7) is 0. The van der Waals surface area contributed by atoms with Crippen LogP contribution in [0, 0.1) is 5.82 Å². The van der Waals surface area contributed by atoms with Crippen LogP contribution < -0.4 is 14.3 Å². The largest absolute Gasteiger partial charge is 0.497 e. The fourth-order valence-corrected chi connectivity index (χ4v) is 3.34. The molecule has 0 unspecified atom stereocenters. The van der Waals surface area contributed by atoms with Gasteiger partial charge in [-0.3, -0.25) is 4.79 Å². The summed E-state index contributed by atoms with van der Waals surface area (Å²) in [5, 5.41) is 0. The average molecular weight is 346 g/mol. The molecule has 0 spiro atoms. The highest BCUT2D eigenvalue weighted by Crippen LogP contribution is 2.23. The highest BCUT2D eigenvalue weighted by Gasteiger charge is 2.11. The molecule has 0 radical (unpaired) electrons. The van der Waals surface area contributed by atoms with Gasteiger partial charge in [0, 0.05) is 18.7 Å². The van der Waals surface area contributed by atoms with Gasteiger partial charge in [-0.05, 0) is 30.3 Å². The summed E-state index contributed by atoms with van der Waals surface area (Å²) in [5.74, 6) is 0.279. The lowest BCUT2D eigenvalue weighted by Crippen LogP contribution is -2.13. The van der Waals surface area contributed by atoms with Crippen LogP contribution in [0.2, 0.25) is 0 Å². The van der Waals surface area contributed by atoms with Crippen molar-refractivity contribution in [1.82, 2.24) is 4.57 Å². The van der Waals surface area contributed by atoms with Gasteiger partial charge in [0.2, 0.25) is 0 Å². The van der Waals surface area contributed by atoms with Crippen LogP contribution in [-0.2, 0) is 7.05 Å². The fraction of sp³-hybridized carbons (Fsp3) is 0.176. The second-order valence-electron chi connectivity index (χ2n) is 5.07. The molecule has 0 aliphatic carbocycles. The number of fused-ring (bicyclic) bond motifs is 1. The van der Waals surface area contributed by atoms with E-state index in [-0.39, 0.29) is 5.82 Å². The van der Waals surface area contributed by atoms with E-state index in [0.717, 1.165) is 10.2 Å². The number of amides is 1. The summed E-state index contributed by atoms with van der Waals surface area (Å²) in [4.78, 5) is 17.1. The molecule has 3 rings (SSSR count). The first-order chi connectivity index (χ1) is 11.5. The Morgan fingerprint density at radius 2 is 1.79 bits per heavy atom. The molecule has 0 atom stereocenters. The van der Waals surface area contributed by atoms with E-state index in [1.165, 1.54) is 37.7 Å². The van der Waals surface area contributed by atoms with Crippen LogP contribution in [0.4, 0.5) is 4.39 Å². The van der Waals surface area contributed by atoms with Gasteiger partial charge >= 0.3 is 0 Å². The topological polar surface area (TPSA) is 52.8 Å². The van der Waals surface area contributed by atoms with Gasteiger partial charge in [-0.25, -0.2) is 4.39 Å². The van der Waals surface area contributed by atoms with Gasteiger partial charge in [0.05, 0.1) is 24.4 Å². The van der Waals surface area contributed by atoms with Crippen LogP contribution in [0.15, 0.2) is 41.4 Å². The van der Waals surface area contributed by atoms with Crippen molar-refractivity contribution in [1.29, 1.82) is 0 Å². The molecule has 0 aliphatic rings. The van der Waals surface area contributed by atoms with Gasteiger partial charge in [-0.1, -0.05) is 11.3 Å². The molecule has 1 heterocycles. The molecule has 0 N–H and O–H groups in total. The molecule has 3 aromatic rings. The second kappa shape index (κ2) is 6.45. The Kier molecular flexibility index (Phi) is 4.35. The van der Waals surface area contributed by atoms with Crippen molar-refractivity contribution in [3.8, 4) is 11.5 Å². The fourth-order valence-electron chi connectivity index (χ4n) is 2.30. The standard InChI is InChI=1S/C17H15FN2O3S/c1-20-14-5-4-11(18)8-15(14)24-17(20)19-16(21)10-6-12(22-2)9-13(7-10)23-3/h4-9H,1-3H3. The minimum atomic E-state index is -0.421. The zero-order valence-electron chi connectivity index (χ0n) is 13.4. The van der Waals surface area contributed by atoms with Crippen LogP contribution in [0.3, 0.4) is 0 Å². The van der Waals surface area contributed by atoms with E-state index < -0.39 is 5.91 Å². The molecular formula is C17H15FN2O3S. The van der Waals surface area contributed by atoms with E-state index >= 15 is 0 Å². The number of carbonyl (C=O) groups excluding carboxylic acids is 1. The first-order valence-corrected chi connectivity index (χ1v) is 7.90. The first-order valence-electron chi connectivity index (χ1n) is 7.09. The molecule has 0 saturated carbocycles. The smallest absolute Gasteiger partial charge is 0.279 e. The predicted octanol–water partition coefficient (Wildman–Crippen LogP) is 3.14. The molecule has 24 heavy (non-hydrogen) atoms. The molecule has 2 aromatic carbocycles. The van der Waals surface area contributed by atoms with Gasteiger partial charge in [-0.15, -0.1) is 0 Å². The van der Waals surface area contributed by atoms with E-state index in [4.69, 9.17) is 9.47 Å². The summed E-state index contributed by atoms with van der Waals surface area (Å²) in [6.07, 6.45) is 0. The first kappa shape index (κ1) is 16.2. The normalized spacial score (nSPS) is 11.8. The number of thiazole rings is 1. The van der Waals surface area contributed by atoms with Crippen molar-refractivity contribution in [2.45, 2.75) is 0 Å². The number of nitrogens with zero attached hydrogens (tertiary/aromatic N) is 2. The number of hydrogen-bond acceptors (Lipinski definition) is 4. The number of carbonyl (C=O) groups is 1. The molecule has 0 saturated heterocycles. The number of halogens is 1. The van der Waals surface area contributed by atoms with Crippen molar-refractivity contribution >= 4 is 27.5 Å². The Morgan fingerprint density at radius 3 is 2.42 bits per heavy atom. The van der Waals surface area contributed by atoms with Gasteiger partial charge in [0.25, 0.3) is 5.91 Å². The van der Waals surface area contributed by atoms with E-state index in [9.17, 15) is 9.18 Å². The lowest BCUT2D eigenvalue weighted by molar-refractivity contribution is 0.0997. The molecule has 0 aliphatic heterocycles. The Labute approximate surface area is 141 Å². The van der Waals surface area contributed by atoms with E-state index in [1.54, 1.807) is 35.9 Å². The zero-order chi connectivity index (χ0) is 17.3. The number of rotatable bonds is 3. The van der Waals surface area contributed by atoms with Gasteiger partial charge in [0.15, 0.2) is 4.80 Å². The van der Waals surface area contributed by atoms with Gasteiger partial charge in [-0.2, -0.15) is 4.99 Å². The Balaban J connectivity index is 2.08. The quantitative estimate of drug-likeness (QED) is 0.732. The predicted molar refractivity (Wildman–Crippen MR) is 90.2 cm³/mol. The molecule has 1 amide bonds. The molecule has 0 bridgehead atoms. The summed E-state index contributed by atoms with van der Waals surface area (Å²) >= 11 is 1.25. The third-order valence-electron chi connectivity index (χ3n) is 3.57. The second-order valence-corrected chi connectivity index (χ2v) is 6.08. The van der Waals surface area contributed by atoms with Crippen LogP contribution in [0.5, 0.6) is 11.5 Å². The Bertz CT molecular complexity index is 969. The number of methoxy groups -OCH3 is 2. The van der Waals surface area contributed by atoms with Crippen molar-refractivity contribution in [3.05, 3.63) is 52.6 Å². The SMILES string of the molecule is COc1cc(OC)cc(C(=O)N=c2sc3cc(F)ccc3n2C)c1. The van der Waals surface area contributed by atoms with Gasteiger partial charge < -0.3 is 14.0 Å². The zero-order valence-corrected chi connectivity index (χ0v) is 14.2. The van der Waals surface area contributed by atoms with Crippen molar-refractivity contribution in [2.75, 3.05) is 14.2 Å². The van der Waals surface area contributed by atoms with E-state index in [2.05, 4.69) is 4.99 Å². The Morgan fingerprint density at radius 1 is 1.12 bits per heavy atom. The number of benzene rings is 2. The van der Waals surface area contributed by atoms with Crippen LogP contribution in [-0.4, -0.2) is 24.7 Å². The highest BCUT2D eigenvalue weighted by molar-refractivity contribution is 7.16. The summed E-state index contributed by atoms with van der Waals surface area (Å²) < 4.78 is 26.2.